The molecule has 156 valence electrons. The average Bonchev–Trinajstić information content (AvgIpc) is 3.04. The van der Waals surface area contributed by atoms with Gasteiger partial charge in [-0.3, -0.25) is 4.79 Å². The molecule has 1 saturated heterocycles. The van der Waals surface area contributed by atoms with E-state index < -0.39 is 10.0 Å². The molecule has 1 amide bonds. The van der Waals surface area contributed by atoms with Crippen LogP contribution in [0.2, 0.25) is 0 Å². The number of amides is 1. The van der Waals surface area contributed by atoms with Gasteiger partial charge in [0.1, 0.15) is 5.75 Å². The molecule has 0 radical (unpaired) electrons. The van der Waals surface area contributed by atoms with E-state index in [9.17, 15) is 13.2 Å². The number of carbonyl (C=O) groups is 1. The van der Waals surface area contributed by atoms with Gasteiger partial charge in [0.2, 0.25) is 10.0 Å². The predicted octanol–water partition coefficient (Wildman–Crippen LogP) is 3.53. The first kappa shape index (κ1) is 21.3. The van der Waals surface area contributed by atoms with Crippen LogP contribution in [0, 0.1) is 0 Å². The van der Waals surface area contributed by atoms with Crippen LogP contribution in [-0.4, -0.2) is 50.8 Å². The molecular weight excluding hydrogens is 388 g/mol. The molecule has 0 aromatic heterocycles. The van der Waals surface area contributed by atoms with Crippen LogP contribution in [0.5, 0.6) is 5.75 Å². The largest absolute Gasteiger partial charge is 0.497 e. The smallest absolute Gasteiger partial charge is 0.253 e. The lowest BCUT2D eigenvalue weighted by molar-refractivity contribution is 0.0785. The Hall–Kier alpha value is -2.38. The number of sulfonamides is 1. The average molecular weight is 417 g/mol. The molecule has 0 spiro atoms. The van der Waals surface area contributed by atoms with Gasteiger partial charge in [-0.15, -0.1) is 0 Å². The molecule has 0 bridgehead atoms. The Kier molecular flexibility index (Phi) is 6.92. The van der Waals surface area contributed by atoms with Crippen molar-refractivity contribution in [2.45, 2.75) is 37.1 Å². The third-order valence-corrected chi connectivity index (χ3v) is 7.10. The van der Waals surface area contributed by atoms with Gasteiger partial charge in [0.05, 0.1) is 12.0 Å². The molecule has 0 N–H and O–H groups in total. The van der Waals surface area contributed by atoms with Crippen LogP contribution in [-0.2, 0) is 16.6 Å². The van der Waals surface area contributed by atoms with Gasteiger partial charge in [0.15, 0.2) is 0 Å². The Morgan fingerprint density at radius 1 is 1.03 bits per heavy atom. The van der Waals surface area contributed by atoms with Crippen LogP contribution in [0.3, 0.4) is 0 Å². The number of hydrogen-bond donors (Lipinski definition) is 0. The van der Waals surface area contributed by atoms with Crippen molar-refractivity contribution in [3.05, 3.63) is 59.7 Å². The zero-order chi connectivity index (χ0) is 20.9. The first-order valence-electron chi connectivity index (χ1n) is 9.90. The molecule has 0 saturated carbocycles. The van der Waals surface area contributed by atoms with Crippen molar-refractivity contribution >= 4 is 15.9 Å². The zero-order valence-electron chi connectivity index (χ0n) is 17.0. The normalized spacial score (nSPS) is 15.5. The van der Waals surface area contributed by atoms with Crippen molar-refractivity contribution in [3.8, 4) is 5.75 Å². The minimum absolute atomic E-state index is 0.183. The Balaban J connectivity index is 1.75. The standard InChI is InChI=1S/C22H28N2O4S/c1-23(17-18-10-12-20(28-2)13-11-18)22(25)19-8-7-9-21(16-19)29(26,27)24-14-5-3-4-6-15-24/h7-13,16H,3-6,14-15,17H2,1-2H3. The maximum atomic E-state index is 13.0. The molecule has 1 fully saturated rings. The van der Waals surface area contributed by atoms with Gasteiger partial charge in [-0.25, -0.2) is 8.42 Å². The molecule has 1 aliphatic rings. The highest BCUT2D eigenvalue weighted by Gasteiger charge is 2.26. The van der Waals surface area contributed by atoms with Gasteiger partial charge < -0.3 is 9.64 Å². The van der Waals surface area contributed by atoms with Gasteiger partial charge in [-0.1, -0.05) is 31.0 Å². The van der Waals surface area contributed by atoms with Crippen LogP contribution < -0.4 is 4.74 Å². The van der Waals surface area contributed by atoms with E-state index in [1.54, 1.807) is 41.6 Å². The Morgan fingerprint density at radius 2 is 1.69 bits per heavy atom. The highest BCUT2D eigenvalue weighted by molar-refractivity contribution is 7.89. The summed E-state index contributed by atoms with van der Waals surface area (Å²) >= 11 is 0. The molecule has 29 heavy (non-hydrogen) atoms. The number of benzene rings is 2. The fourth-order valence-electron chi connectivity index (χ4n) is 3.52. The minimum atomic E-state index is -3.58. The maximum absolute atomic E-state index is 13.0. The van der Waals surface area contributed by atoms with Crippen molar-refractivity contribution in [2.75, 3.05) is 27.2 Å². The molecule has 0 atom stereocenters. The van der Waals surface area contributed by atoms with Crippen molar-refractivity contribution in [3.63, 3.8) is 0 Å². The minimum Gasteiger partial charge on any atom is -0.497 e. The number of methoxy groups -OCH3 is 1. The summed E-state index contributed by atoms with van der Waals surface area (Å²) in [5.41, 5.74) is 1.34. The molecule has 1 aliphatic heterocycles. The van der Waals surface area contributed by atoms with E-state index in [4.69, 9.17) is 4.74 Å². The van der Waals surface area contributed by atoms with Gasteiger partial charge in [-0.05, 0) is 48.7 Å². The monoisotopic (exact) mass is 416 g/mol. The molecule has 1 heterocycles. The second-order valence-corrected chi connectivity index (χ2v) is 9.29. The second-order valence-electron chi connectivity index (χ2n) is 7.36. The maximum Gasteiger partial charge on any atom is 0.253 e. The summed E-state index contributed by atoms with van der Waals surface area (Å²) in [6.45, 7) is 1.50. The van der Waals surface area contributed by atoms with Gasteiger partial charge >= 0.3 is 0 Å². The summed E-state index contributed by atoms with van der Waals surface area (Å²) in [5, 5.41) is 0. The quantitative estimate of drug-likeness (QED) is 0.723. The second kappa shape index (κ2) is 9.41. The van der Waals surface area contributed by atoms with Gasteiger partial charge in [-0.2, -0.15) is 4.31 Å². The molecule has 0 unspecified atom stereocenters. The molecular formula is C22H28N2O4S. The van der Waals surface area contributed by atoms with E-state index in [0.29, 0.717) is 25.2 Å². The van der Waals surface area contributed by atoms with Gasteiger partial charge in [0.25, 0.3) is 5.91 Å². The molecule has 0 aliphatic carbocycles. The summed E-state index contributed by atoms with van der Waals surface area (Å²) in [7, 11) is -0.266. The van der Waals surface area contributed by atoms with E-state index in [1.165, 1.54) is 6.07 Å². The third kappa shape index (κ3) is 5.16. The Bertz CT molecular complexity index is 934. The number of nitrogens with zero attached hydrogens (tertiary/aromatic N) is 2. The third-order valence-electron chi connectivity index (χ3n) is 5.21. The summed E-state index contributed by atoms with van der Waals surface area (Å²) in [6.07, 6.45) is 3.87. The van der Waals surface area contributed by atoms with Crippen molar-refractivity contribution < 1.29 is 17.9 Å². The topological polar surface area (TPSA) is 66.9 Å². The lowest BCUT2D eigenvalue weighted by Gasteiger charge is -2.21. The number of hydrogen-bond acceptors (Lipinski definition) is 4. The fourth-order valence-corrected chi connectivity index (χ4v) is 5.08. The SMILES string of the molecule is COc1ccc(CN(C)C(=O)c2cccc(S(=O)(=O)N3CCCCCC3)c2)cc1. The van der Waals surface area contributed by atoms with E-state index >= 15 is 0 Å². The molecule has 2 aromatic rings. The number of ether oxygens (including phenoxy) is 1. The fraction of sp³-hybridized carbons (Fsp3) is 0.409. The van der Waals surface area contributed by atoms with E-state index in [-0.39, 0.29) is 10.8 Å². The molecule has 2 aromatic carbocycles. The Labute approximate surface area is 173 Å². The van der Waals surface area contributed by atoms with E-state index in [1.807, 2.05) is 24.3 Å². The van der Waals surface area contributed by atoms with Crippen LogP contribution in [0.1, 0.15) is 41.6 Å². The van der Waals surface area contributed by atoms with E-state index in [2.05, 4.69) is 0 Å². The summed E-state index contributed by atoms with van der Waals surface area (Å²) in [6, 6.07) is 13.9. The van der Waals surface area contributed by atoms with Crippen molar-refractivity contribution in [1.29, 1.82) is 0 Å². The summed E-state index contributed by atoms with van der Waals surface area (Å²) < 4.78 is 32.7. The van der Waals surface area contributed by atoms with E-state index in [0.717, 1.165) is 37.0 Å². The lowest BCUT2D eigenvalue weighted by atomic mass is 10.1. The van der Waals surface area contributed by atoms with Crippen molar-refractivity contribution in [2.24, 2.45) is 0 Å². The highest BCUT2D eigenvalue weighted by atomic mass is 32.2. The number of carbonyl (C=O) groups excluding carboxylic acids is 1. The summed E-state index contributed by atoms with van der Waals surface area (Å²) in [4.78, 5) is 14.6. The molecule has 7 heteroatoms. The Morgan fingerprint density at radius 3 is 2.31 bits per heavy atom. The summed E-state index contributed by atoms with van der Waals surface area (Å²) in [5.74, 6) is 0.544. The first-order chi connectivity index (χ1) is 13.9. The number of rotatable bonds is 6. The van der Waals surface area contributed by atoms with Crippen molar-refractivity contribution in [1.82, 2.24) is 9.21 Å². The lowest BCUT2D eigenvalue weighted by Crippen LogP contribution is -2.32. The molecule has 3 rings (SSSR count). The van der Waals surface area contributed by atoms with Crippen LogP contribution >= 0.6 is 0 Å². The van der Waals surface area contributed by atoms with Crippen LogP contribution in [0.15, 0.2) is 53.4 Å². The molecule has 6 nitrogen and oxygen atoms in total. The van der Waals surface area contributed by atoms with Crippen LogP contribution in [0.4, 0.5) is 0 Å². The predicted molar refractivity (Wildman–Crippen MR) is 112 cm³/mol. The highest BCUT2D eigenvalue weighted by Crippen LogP contribution is 2.22. The first-order valence-corrected chi connectivity index (χ1v) is 11.3. The van der Waals surface area contributed by atoms with Gasteiger partial charge in [0, 0.05) is 32.2 Å². The van der Waals surface area contributed by atoms with Crippen LogP contribution in [0.25, 0.3) is 0 Å². The zero-order valence-corrected chi connectivity index (χ0v) is 17.8.